The summed E-state index contributed by atoms with van der Waals surface area (Å²) in [5.41, 5.74) is 0.309. The van der Waals surface area contributed by atoms with Crippen LogP contribution < -0.4 is 5.69 Å². The van der Waals surface area contributed by atoms with Gasteiger partial charge in [-0.3, -0.25) is 4.57 Å². The van der Waals surface area contributed by atoms with Gasteiger partial charge in [-0.1, -0.05) is 24.6 Å². The summed E-state index contributed by atoms with van der Waals surface area (Å²) in [6.07, 6.45) is 7.40. The first-order chi connectivity index (χ1) is 8.74. The lowest BCUT2D eigenvalue weighted by atomic mass is 9.91. The zero-order chi connectivity index (χ0) is 12.6. The van der Waals surface area contributed by atoms with Crippen LogP contribution in [0.4, 0.5) is 0 Å². The third-order valence-electron chi connectivity index (χ3n) is 4.09. The molecule has 0 aliphatic heterocycles. The summed E-state index contributed by atoms with van der Waals surface area (Å²) < 4.78 is 1.84. The second-order valence-electron chi connectivity index (χ2n) is 5.57. The minimum Gasteiger partial charge on any atom is -0.267 e. The topological polar surface area (TPSA) is 50.7 Å². The summed E-state index contributed by atoms with van der Waals surface area (Å²) in [5.74, 6) is 1.98. The molecule has 3 rings (SSSR count). The van der Waals surface area contributed by atoms with Crippen LogP contribution in [0.1, 0.15) is 44.6 Å². The Morgan fingerprint density at radius 2 is 2.17 bits per heavy atom. The zero-order valence-corrected chi connectivity index (χ0v) is 12.1. The molecule has 1 aromatic heterocycles. The van der Waals surface area contributed by atoms with E-state index >= 15 is 0 Å². The Morgan fingerprint density at radius 3 is 2.78 bits per heavy atom. The van der Waals surface area contributed by atoms with E-state index in [0.29, 0.717) is 11.5 Å². The van der Waals surface area contributed by atoms with Crippen LogP contribution in [0.2, 0.25) is 0 Å². The Labute approximate surface area is 116 Å². The molecule has 100 valence electrons. The van der Waals surface area contributed by atoms with Gasteiger partial charge in [0, 0.05) is 11.8 Å². The average molecular weight is 285 g/mol. The molecule has 0 atom stereocenters. The van der Waals surface area contributed by atoms with Crippen molar-refractivity contribution in [2.24, 2.45) is 5.41 Å². The van der Waals surface area contributed by atoms with Crippen molar-refractivity contribution in [1.82, 2.24) is 14.8 Å². The van der Waals surface area contributed by atoms with Crippen LogP contribution >= 0.6 is 24.4 Å². The summed E-state index contributed by atoms with van der Waals surface area (Å²) in [5, 5.41) is 7.62. The van der Waals surface area contributed by atoms with Crippen LogP contribution in [0.3, 0.4) is 0 Å². The molecule has 0 amide bonds. The number of nitrogens with one attached hydrogen (secondary N) is 1. The molecule has 2 fully saturated rings. The van der Waals surface area contributed by atoms with Crippen molar-refractivity contribution in [3.63, 3.8) is 0 Å². The highest BCUT2D eigenvalue weighted by Gasteiger charge is 2.34. The van der Waals surface area contributed by atoms with Crippen LogP contribution in [0.5, 0.6) is 0 Å². The maximum atomic E-state index is 11.7. The molecule has 0 bridgehead atoms. The van der Waals surface area contributed by atoms with Gasteiger partial charge in [-0.05, 0) is 36.9 Å². The Morgan fingerprint density at radius 1 is 1.44 bits per heavy atom. The highest BCUT2D eigenvalue weighted by molar-refractivity contribution is 7.99. The lowest BCUT2D eigenvalue weighted by molar-refractivity contribution is 0.402. The normalized spacial score (nSPS) is 22.5. The van der Waals surface area contributed by atoms with Gasteiger partial charge in [0.2, 0.25) is 0 Å². The van der Waals surface area contributed by atoms with Crippen LogP contribution in [0, 0.1) is 5.41 Å². The highest BCUT2D eigenvalue weighted by Crippen LogP contribution is 2.43. The molecule has 0 unspecified atom stereocenters. The fourth-order valence-electron chi connectivity index (χ4n) is 2.74. The Bertz CT molecular complexity index is 472. The number of aromatic amines is 1. The van der Waals surface area contributed by atoms with Crippen molar-refractivity contribution < 1.29 is 0 Å². The van der Waals surface area contributed by atoms with Crippen molar-refractivity contribution in [2.75, 3.05) is 11.5 Å². The first-order valence-electron chi connectivity index (χ1n) is 6.65. The van der Waals surface area contributed by atoms with E-state index < -0.39 is 0 Å². The minimum absolute atomic E-state index is 0.0497. The third-order valence-corrected chi connectivity index (χ3v) is 6.06. The summed E-state index contributed by atoms with van der Waals surface area (Å²) in [6.45, 7) is 0. The van der Waals surface area contributed by atoms with E-state index in [-0.39, 0.29) is 5.69 Å². The van der Waals surface area contributed by atoms with Crippen LogP contribution in [0.15, 0.2) is 9.95 Å². The number of hydrogen-bond acceptors (Lipinski definition) is 4. The van der Waals surface area contributed by atoms with Crippen molar-refractivity contribution >= 4 is 24.4 Å². The van der Waals surface area contributed by atoms with E-state index in [1.54, 1.807) is 11.8 Å². The summed E-state index contributed by atoms with van der Waals surface area (Å²) in [6, 6.07) is 0.397. The molecule has 0 saturated heterocycles. The molecule has 0 spiro atoms. The van der Waals surface area contributed by atoms with Crippen molar-refractivity contribution in [3.05, 3.63) is 10.5 Å². The van der Waals surface area contributed by atoms with E-state index in [1.807, 2.05) is 4.57 Å². The fourth-order valence-corrected chi connectivity index (χ4v) is 4.62. The molecule has 2 aliphatic carbocycles. The predicted octanol–water partition coefficient (Wildman–Crippen LogP) is 2.49. The van der Waals surface area contributed by atoms with Gasteiger partial charge in [-0.2, -0.15) is 12.6 Å². The van der Waals surface area contributed by atoms with Gasteiger partial charge in [0.25, 0.3) is 0 Å². The molecule has 1 aromatic rings. The summed E-state index contributed by atoms with van der Waals surface area (Å²) in [7, 11) is 0. The van der Waals surface area contributed by atoms with E-state index in [4.69, 9.17) is 0 Å². The van der Waals surface area contributed by atoms with Crippen molar-refractivity contribution in [1.29, 1.82) is 0 Å². The number of rotatable bonds is 5. The zero-order valence-electron chi connectivity index (χ0n) is 10.4. The third kappa shape index (κ3) is 2.37. The van der Waals surface area contributed by atoms with Crippen molar-refractivity contribution in [3.8, 4) is 0 Å². The first kappa shape index (κ1) is 12.7. The Hall–Kier alpha value is -0.360. The molecule has 1 heterocycles. The molecular weight excluding hydrogens is 266 g/mol. The molecule has 6 heteroatoms. The van der Waals surface area contributed by atoms with E-state index in [1.165, 1.54) is 25.7 Å². The molecular formula is C12H19N3OS2. The number of aromatic nitrogens is 3. The van der Waals surface area contributed by atoms with E-state index in [9.17, 15) is 4.79 Å². The van der Waals surface area contributed by atoms with Gasteiger partial charge in [-0.25, -0.2) is 9.89 Å². The highest BCUT2D eigenvalue weighted by atomic mass is 32.2. The fraction of sp³-hybridized carbons (Fsp3) is 0.833. The lowest BCUT2D eigenvalue weighted by Crippen LogP contribution is -2.22. The van der Waals surface area contributed by atoms with Gasteiger partial charge in [0.1, 0.15) is 0 Å². The molecule has 0 radical (unpaired) electrons. The lowest BCUT2D eigenvalue weighted by Gasteiger charge is -2.25. The smallest absolute Gasteiger partial charge is 0.267 e. The van der Waals surface area contributed by atoms with Gasteiger partial charge >= 0.3 is 5.69 Å². The second kappa shape index (κ2) is 4.96. The van der Waals surface area contributed by atoms with Gasteiger partial charge in [0.05, 0.1) is 0 Å². The quantitative estimate of drug-likeness (QED) is 0.645. The first-order valence-corrected chi connectivity index (χ1v) is 8.26. The molecule has 0 aromatic carbocycles. The maximum absolute atomic E-state index is 11.7. The van der Waals surface area contributed by atoms with Gasteiger partial charge < -0.3 is 0 Å². The monoisotopic (exact) mass is 285 g/mol. The Balaban J connectivity index is 1.71. The number of nitrogens with zero attached hydrogens (tertiary/aromatic N) is 2. The molecule has 2 saturated carbocycles. The Kier molecular flexibility index (Phi) is 3.49. The number of thioether (sulfide) groups is 1. The van der Waals surface area contributed by atoms with E-state index in [0.717, 1.165) is 29.5 Å². The summed E-state index contributed by atoms with van der Waals surface area (Å²) >= 11 is 6.25. The van der Waals surface area contributed by atoms with Crippen LogP contribution in [0.25, 0.3) is 0 Å². The molecule has 18 heavy (non-hydrogen) atoms. The van der Waals surface area contributed by atoms with Crippen molar-refractivity contribution in [2.45, 2.75) is 49.7 Å². The maximum Gasteiger partial charge on any atom is 0.344 e. The SMILES string of the molecule is O=c1[nH]nc(SCC2(CS)CCCC2)n1C1CC1. The standard InChI is InChI=1S/C12H19N3OS2/c16-10-13-14-11(15(10)9-3-4-9)18-8-12(7-17)5-1-2-6-12/h9,17H,1-8H2,(H,13,16). The largest absolute Gasteiger partial charge is 0.344 e. The number of thiol groups is 1. The predicted molar refractivity (Wildman–Crippen MR) is 76.6 cm³/mol. The molecule has 4 nitrogen and oxygen atoms in total. The van der Waals surface area contributed by atoms with Gasteiger partial charge in [-0.15, -0.1) is 5.10 Å². The van der Waals surface area contributed by atoms with E-state index in [2.05, 4.69) is 22.8 Å². The number of hydrogen-bond donors (Lipinski definition) is 2. The minimum atomic E-state index is -0.0497. The molecule has 2 aliphatic rings. The summed E-state index contributed by atoms with van der Waals surface area (Å²) in [4.78, 5) is 11.7. The average Bonchev–Trinajstić information content (AvgIpc) is 2.98. The van der Waals surface area contributed by atoms with Crippen LogP contribution in [-0.2, 0) is 0 Å². The van der Waals surface area contributed by atoms with Gasteiger partial charge in [0.15, 0.2) is 5.16 Å². The molecule has 1 N–H and O–H groups in total. The van der Waals surface area contributed by atoms with Crippen LogP contribution in [-0.4, -0.2) is 26.3 Å². The number of H-pyrrole nitrogens is 1. The second-order valence-corrected chi connectivity index (χ2v) is 6.83.